The Bertz CT molecular complexity index is 490. The Morgan fingerprint density at radius 2 is 2.00 bits per heavy atom. The van der Waals surface area contributed by atoms with Crippen LogP contribution in [0.25, 0.3) is 0 Å². The third-order valence-corrected chi connectivity index (χ3v) is 5.49. The fourth-order valence-electron chi connectivity index (χ4n) is 3.83. The zero-order valence-electron chi connectivity index (χ0n) is 16.7. The van der Waals surface area contributed by atoms with Crippen LogP contribution in [-0.2, 0) is 14.3 Å². The van der Waals surface area contributed by atoms with Gasteiger partial charge in [0, 0.05) is 31.2 Å². The highest BCUT2D eigenvalue weighted by Crippen LogP contribution is 2.26. The molecule has 0 aromatic carbocycles. The van der Waals surface area contributed by atoms with Crippen LogP contribution in [0.3, 0.4) is 0 Å². The van der Waals surface area contributed by atoms with E-state index in [0.29, 0.717) is 31.8 Å². The van der Waals surface area contributed by atoms with E-state index >= 15 is 0 Å². The molecule has 0 bridgehead atoms. The minimum atomic E-state index is 0.134. The SMILES string of the molecule is CCNC(=NCCOCC1CCCO1)NC1CCCC(C(=O)NC2CC2)C1. The van der Waals surface area contributed by atoms with Gasteiger partial charge in [0.2, 0.25) is 5.91 Å². The Labute approximate surface area is 163 Å². The van der Waals surface area contributed by atoms with Gasteiger partial charge in [0.15, 0.2) is 5.96 Å². The average molecular weight is 381 g/mol. The van der Waals surface area contributed by atoms with E-state index in [4.69, 9.17) is 9.47 Å². The van der Waals surface area contributed by atoms with Crippen molar-refractivity contribution in [2.24, 2.45) is 10.9 Å². The number of nitrogens with zero attached hydrogens (tertiary/aromatic N) is 1. The van der Waals surface area contributed by atoms with E-state index in [-0.39, 0.29) is 17.9 Å². The average Bonchev–Trinajstić information content (AvgIpc) is 3.33. The van der Waals surface area contributed by atoms with Crippen LogP contribution in [0.2, 0.25) is 0 Å². The summed E-state index contributed by atoms with van der Waals surface area (Å²) < 4.78 is 11.2. The van der Waals surface area contributed by atoms with Crippen molar-refractivity contribution >= 4 is 11.9 Å². The van der Waals surface area contributed by atoms with Crippen molar-refractivity contribution in [3.05, 3.63) is 0 Å². The Morgan fingerprint density at radius 3 is 2.74 bits per heavy atom. The second-order valence-electron chi connectivity index (χ2n) is 7.96. The minimum absolute atomic E-state index is 0.134. The summed E-state index contributed by atoms with van der Waals surface area (Å²) in [5.74, 6) is 1.20. The van der Waals surface area contributed by atoms with E-state index in [9.17, 15) is 4.79 Å². The van der Waals surface area contributed by atoms with E-state index in [0.717, 1.165) is 70.5 Å². The van der Waals surface area contributed by atoms with Gasteiger partial charge in [-0.1, -0.05) is 6.42 Å². The number of rotatable bonds is 9. The van der Waals surface area contributed by atoms with Crippen LogP contribution in [0.1, 0.15) is 58.3 Å². The fourth-order valence-corrected chi connectivity index (χ4v) is 3.83. The monoisotopic (exact) mass is 380 g/mol. The molecule has 3 fully saturated rings. The number of nitrogens with one attached hydrogen (secondary N) is 3. The van der Waals surface area contributed by atoms with Crippen LogP contribution in [0.4, 0.5) is 0 Å². The molecule has 2 saturated carbocycles. The number of hydrogen-bond donors (Lipinski definition) is 3. The summed E-state index contributed by atoms with van der Waals surface area (Å²) in [6.45, 7) is 5.65. The Balaban J connectivity index is 1.38. The molecule has 0 radical (unpaired) electrons. The number of hydrogen-bond acceptors (Lipinski definition) is 4. The zero-order chi connectivity index (χ0) is 18.9. The molecule has 1 saturated heterocycles. The number of ether oxygens (including phenoxy) is 2. The van der Waals surface area contributed by atoms with Gasteiger partial charge in [-0.15, -0.1) is 0 Å². The van der Waals surface area contributed by atoms with E-state index in [1.54, 1.807) is 0 Å². The highest BCUT2D eigenvalue weighted by molar-refractivity contribution is 5.81. The van der Waals surface area contributed by atoms with Crippen LogP contribution >= 0.6 is 0 Å². The molecule has 3 rings (SSSR count). The zero-order valence-corrected chi connectivity index (χ0v) is 16.7. The van der Waals surface area contributed by atoms with Crippen molar-refractivity contribution in [1.82, 2.24) is 16.0 Å². The lowest BCUT2D eigenvalue weighted by Gasteiger charge is -2.30. The van der Waals surface area contributed by atoms with Crippen molar-refractivity contribution in [3.63, 3.8) is 0 Å². The van der Waals surface area contributed by atoms with Crippen molar-refractivity contribution in [3.8, 4) is 0 Å². The first-order valence-electron chi connectivity index (χ1n) is 10.8. The molecule has 3 N–H and O–H groups in total. The molecule has 3 aliphatic rings. The van der Waals surface area contributed by atoms with E-state index in [1.807, 2.05) is 0 Å². The number of aliphatic imine (C=N–C) groups is 1. The van der Waals surface area contributed by atoms with Crippen LogP contribution in [0.5, 0.6) is 0 Å². The first-order chi connectivity index (χ1) is 13.2. The van der Waals surface area contributed by atoms with Crippen LogP contribution in [-0.4, -0.2) is 63.0 Å². The molecule has 3 atom stereocenters. The summed E-state index contributed by atoms with van der Waals surface area (Å²) in [5, 5.41) is 9.98. The molecule has 2 aliphatic carbocycles. The number of carbonyl (C=O) groups is 1. The first-order valence-corrected chi connectivity index (χ1v) is 10.8. The standard InChI is InChI=1S/C20H36N4O3/c1-2-21-20(22-10-12-26-14-18-7-4-11-27-18)24-17-6-3-5-15(13-17)19(25)23-16-8-9-16/h15-18H,2-14H2,1H3,(H,23,25)(H2,21,22,24). The summed E-state index contributed by atoms with van der Waals surface area (Å²) >= 11 is 0. The highest BCUT2D eigenvalue weighted by Gasteiger charge is 2.31. The van der Waals surface area contributed by atoms with Gasteiger partial charge in [-0.25, -0.2) is 0 Å². The van der Waals surface area contributed by atoms with Gasteiger partial charge in [-0.3, -0.25) is 9.79 Å². The Hall–Kier alpha value is -1.34. The van der Waals surface area contributed by atoms with E-state index in [1.165, 1.54) is 0 Å². The maximum absolute atomic E-state index is 12.3. The molecule has 1 amide bonds. The van der Waals surface area contributed by atoms with Crippen LogP contribution in [0, 0.1) is 5.92 Å². The topological polar surface area (TPSA) is 84.0 Å². The normalized spacial score (nSPS) is 28.8. The van der Waals surface area contributed by atoms with Crippen molar-refractivity contribution in [2.45, 2.75) is 76.5 Å². The van der Waals surface area contributed by atoms with Gasteiger partial charge >= 0.3 is 0 Å². The predicted octanol–water partition coefficient (Wildman–Crippen LogP) is 1.57. The Morgan fingerprint density at radius 1 is 1.11 bits per heavy atom. The summed E-state index contributed by atoms with van der Waals surface area (Å²) in [6, 6.07) is 0.749. The molecule has 154 valence electrons. The van der Waals surface area contributed by atoms with Crippen LogP contribution < -0.4 is 16.0 Å². The highest BCUT2D eigenvalue weighted by atomic mass is 16.5. The summed E-state index contributed by atoms with van der Waals surface area (Å²) in [6.07, 6.45) is 8.86. The Kier molecular flexibility index (Phi) is 8.20. The van der Waals surface area contributed by atoms with Crippen molar-refractivity contribution in [2.75, 3.05) is 32.9 Å². The maximum atomic E-state index is 12.3. The molecule has 0 spiro atoms. The fraction of sp³-hybridized carbons (Fsp3) is 0.900. The van der Waals surface area contributed by atoms with Gasteiger partial charge in [-0.05, 0) is 51.9 Å². The lowest BCUT2D eigenvalue weighted by Crippen LogP contribution is -2.47. The first kappa shape index (κ1) is 20.4. The van der Waals surface area contributed by atoms with Gasteiger partial charge in [0.25, 0.3) is 0 Å². The third-order valence-electron chi connectivity index (χ3n) is 5.49. The van der Waals surface area contributed by atoms with Gasteiger partial charge in [0.05, 0.1) is 25.9 Å². The van der Waals surface area contributed by atoms with Gasteiger partial charge in [-0.2, -0.15) is 0 Å². The molecular formula is C20H36N4O3. The lowest BCUT2D eigenvalue weighted by molar-refractivity contribution is -0.126. The molecule has 7 nitrogen and oxygen atoms in total. The molecule has 27 heavy (non-hydrogen) atoms. The van der Waals surface area contributed by atoms with Crippen LogP contribution in [0.15, 0.2) is 4.99 Å². The lowest BCUT2D eigenvalue weighted by atomic mass is 9.85. The largest absolute Gasteiger partial charge is 0.377 e. The quantitative estimate of drug-likeness (QED) is 0.321. The third kappa shape index (κ3) is 7.30. The smallest absolute Gasteiger partial charge is 0.223 e. The number of carbonyl (C=O) groups excluding carboxylic acids is 1. The molecule has 1 heterocycles. The summed E-state index contributed by atoms with van der Waals surface area (Å²) in [7, 11) is 0. The van der Waals surface area contributed by atoms with Gasteiger partial charge in [0.1, 0.15) is 0 Å². The molecular weight excluding hydrogens is 344 g/mol. The second-order valence-corrected chi connectivity index (χ2v) is 7.96. The number of amides is 1. The van der Waals surface area contributed by atoms with E-state index < -0.39 is 0 Å². The molecule has 3 unspecified atom stereocenters. The molecule has 1 aliphatic heterocycles. The molecule has 0 aromatic heterocycles. The molecule has 0 aromatic rings. The van der Waals surface area contributed by atoms with Gasteiger partial charge < -0.3 is 25.4 Å². The number of guanidine groups is 1. The minimum Gasteiger partial charge on any atom is -0.377 e. The maximum Gasteiger partial charge on any atom is 0.223 e. The summed E-state index contributed by atoms with van der Waals surface area (Å²) in [4.78, 5) is 17.0. The predicted molar refractivity (Wildman–Crippen MR) is 106 cm³/mol. The van der Waals surface area contributed by atoms with E-state index in [2.05, 4.69) is 27.9 Å². The second kappa shape index (κ2) is 10.9. The van der Waals surface area contributed by atoms with Crippen molar-refractivity contribution in [1.29, 1.82) is 0 Å². The summed E-state index contributed by atoms with van der Waals surface area (Å²) in [5.41, 5.74) is 0. The van der Waals surface area contributed by atoms with Crippen molar-refractivity contribution < 1.29 is 14.3 Å². The molecule has 7 heteroatoms.